The quantitative estimate of drug-likeness (QED) is 0.439. The molecule has 0 saturated heterocycles. The monoisotopic (exact) mass is 412 g/mol. The maximum atomic E-state index is 10.2. The highest BCUT2D eigenvalue weighted by Crippen LogP contribution is 2.67. The van der Waals surface area contributed by atoms with Gasteiger partial charge in [0.05, 0.1) is 6.10 Å². The van der Waals surface area contributed by atoms with Crippen LogP contribution in [0, 0.1) is 46.3 Å². The van der Waals surface area contributed by atoms with Gasteiger partial charge in [-0.25, -0.2) is 0 Å². The molecule has 9 unspecified atom stereocenters. The van der Waals surface area contributed by atoms with Crippen LogP contribution in [0.15, 0.2) is 23.8 Å². The van der Waals surface area contributed by atoms with Crippen molar-refractivity contribution in [2.45, 2.75) is 111 Å². The number of allylic oxidation sites excluding steroid dienone is 2. The first kappa shape index (κ1) is 22.6. The number of hydrogen-bond donors (Lipinski definition) is 1. The van der Waals surface area contributed by atoms with Gasteiger partial charge in [0, 0.05) is 0 Å². The first-order valence-electron chi connectivity index (χ1n) is 13.3. The lowest BCUT2D eigenvalue weighted by Crippen LogP contribution is -2.50. The minimum absolute atomic E-state index is 0.0865. The third-order valence-electron chi connectivity index (χ3n) is 11.1. The zero-order valence-electron chi connectivity index (χ0n) is 20.6. The van der Waals surface area contributed by atoms with E-state index in [1.54, 1.807) is 5.57 Å². The van der Waals surface area contributed by atoms with Crippen molar-refractivity contribution < 1.29 is 5.11 Å². The van der Waals surface area contributed by atoms with Crippen LogP contribution in [-0.2, 0) is 0 Å². The Morgan fingerprint density at radius 2 is 1.90 bits per heavy atom. The molecule has 0 spiro atoms. The average Bonchev–Trinajstić information content (AvgIpc) is 3.09. The maximum Gasteiger partial charge on any atom is 0.0577 e. The molecular weight excluding hydrogens is 364 g/mol. The summed E-state index contributed by atoms with van der Waals surface area (Å²) in [5.41, 5.74) is 4.01. The SMILES string of the molecule is C=C(CCC(C)C1CCC2C3CC=C4CC(O)CCC4(C)C3CCC12C)C(C)CC. The zero-order valence-corrected chi connectivity index (χ0v) is 20.6. The third-order valence-corrected chi connectivity index (χ3v) is 11.1. The first-order valence-corrected chi connectivity index (χ1v) is 13.3. The summed E-state index contributed by atoms with van der Waals surface area (Å²) >= 11 is 0. The summed E-state index contributed by atoms with van der Waals surface area (Å²) in [6.45, 7) is 16.8. The van der Waals surface area contributed by atoms with Crippen molar-refractivity contribution in [1.29, 1.82) is 0 Å². The molecule has 0 bridgehead atoms. The molecule has 170 valence electrons. The minimum atomic E-state index is -0.0865. The van der Waals surface area contributed by atoms with Crippen LogP contribution in [0.1, 0.15) is 105 Å². The number of fused-ring (bicyclic) bond motifs is 5. The molecule has 1 heteroatoms. The van der Waals surface area contributed by atoms with E-state index in [4.69, 9.17) is 0 Å². The zero-order chi connectivity index (χ0) is 21.7. The Labute approximate surface area is 186 Å². The van der Waals surface area contributed by atoms with Crippen LogP contribution in [0.3, 0.4) is 0 Å². The lowest BCUT2D eigenvalue weighted by atomic mass is 9.47. The van der Waals surface area contributed by atoms with Gasteiger partial charge < -0.3 is 5.11 Å². The van der Waals surface area contributed by atoms with E-state index in [9.17, 15) is 5.11 Å². The van der Waals surface area contributed by atoms with Crippen LogP contribution in [-0.4, -0.2) is 11.2 Å². The number of rotatable bonds is 6. The fraction of sp³-hybridized carbons (Fsp3) is 0.862. The van der Waals surface area contributed by atoms with Crippen LogP contribution in [0.25, 0.3) is 0 Å². The smallest absolute Gasteiger partial charge is 0.0577 e. The molecule has 1 N–H and O–H groups in total. The summed E-state index contributed by atoms with van der Waals surface area (Å²) in [6.07, 6.45) is 16.5. The molecule has 3 fully saturated rings. The van der Waals surface area contributed by atoms with E-state index < -0.39 is 0 Å². The fourth-order valence-corrected chi connectivity index (χ4v) is 8.77. The molecule has 4 rings (SSSR count). The predicted octanol–water partition coefficient (Wildman–Crippen LogP) is 7.94. The molecule has 30 heavy (non-hydrogen) atoms. The summed E-state index contributed by atoms with van der Waals surface area (Å²) < 4.78 is 0. The van der Waals surface area contributed by atoms with Crippen LogP contribution in [0.4, 0.5) is 0 Å². The van der Waals surface area contributed by atoms with Crippen molar-refractivity contribution in [3.8, 4) is 0 Å². The van der Waals surface area contributed by atoms with E-state index >= 15 is 0 Å². The topological polar surface area (TPSA) is 20.2 Å². The molecule has 0 aromatic carbocycles. The van der Waals surface area contributed by atoms with E-state index in [1.807, 2.05) is 0 Å². The summed E-state index contributed by atoms with van der Waals surface area (Å²) in [5, 5.41) is 10.2. The lowest BCUT2D eigenvalue weighted by molar-refractivity contribution is -0.0571. The molecule has 0 amide bonds. The molecule has 0 radical (unpaired) electrons. The van der Waals surface area contributed by atoms with Crippen LogP contribution in [0.2, 0.25) is 0 Å². The van der Waals surface area contributed by atoms with Crippen LogP contribution >= 0.6 is 0 Å². The summed E-state index contributed by atoms with van der Waals surface area (Å²) in [4.78, 5) is 0. The average molecular weight is 413 g/mol. The van der Waals surface area contributed by atoms with Crippen molar-refractivity contribution in [3.63, 3.8) is 0 Å². The van der Waals surface area contributed by atoms with Gasteiger partial charge in [-0.1, -0.05) is 58.4 Å². The van der Waals surface area contributed by atoms with Gasteiger partial charge in [0.25, 0.3) is 0 Å². The largest absolute Gasteiger partial charge is 0.393 e. The Balaban J connectivity index is 1.47. The van der Waals surface area contributed by atoms with Gasteiger partial charge in [0.15, 0.2) is 0 Å². The Bertz CT molecular complexity index is 676. The molecule has 9 atom stereocenters. The van der Waals surface area contributed by atoms with E-state index in [0.29, 0.717) is 16.7 Å². The maximum absolute atomic E-state index is 10.2. The highest BCUT2D eigenvalue weighted by molar-refractivity contribution is 5.25. The van der Waals surface area contributed by atoms with Gasteiger partial charge in [-0.15, -0.1) is 0 Å². The Morgan fingerprint density at radius 1 is 1.13 bits per heavy atom. The van der Waals surface area contributed by atoms with Crippen molar-refractivity contribution in [1.82, 2.24) is 0 Å². The summed E-state index contributed by atoms with van der Waals surface area (Å²) in [5.74, 6) is 5.08. The van der Waals surface area contributed by atoms with E-state index in [0.717, 1.165) is 42.4 Å². The second-order valence-electron chi connectivity index (χ2n) is 12.4. The van der Waals surface area contributed by atoms with Crippen molar-refractivity contribution in [2.75, 3.05) is 0 Å². The van der Waals surface area contributed by atoms with Crippen molar-refractivity contribution in [2.24, 2.45) is 46.3 Å². The van der Waals surface area contributed by atoms with Crippen LogP contribution < -0.4 is 0 Å². The molecule has 3 saturated carbocycles. The predicted molar refractivity (Wildman–Crippen MR) is 128 cm³/mol. The van der Waals surface area contributed by atoms with Gasteiger partial charge in [0.1, 0.15) is 0 Å². The molecule has 0 aromatic rings. The number of hydrogen-bond acceptors (Lipinski definition) is 1. The lowest BCUT2D eigenvalue weighted by Gasteiger charge is -2.58. The van der Waals surface area contributed by atoms with Crippen LogP contribution in [0.5, 0.6) is 0 Å². The minimum Gasteiger partial charge on any atom is -0.393 e. The van der Waals surface area contributed by atoms with Crippen molar-refractivity contribution in [3.05, 3.63) is 23.8 Å². The molecular formula is C29H48O. The fourth-order valence-electron chi connectivity index (χ4n) is 8.77. The first-order chi connectivity index (χ1) is 14.2. The number of aliphatic hydroxyl groups excluding tert-OH is 1. The molecule has 0 aromatic heterocycles. The standard InChI is InChI=1S/C29H48O/c1-7-19(2)20(3)8-9-21(4)25-12-13-26-24-11-10-22-18-23(30)14-16-28(22,5)27(24)15-17-29(25,26)6/h10,19,21,23-27,30H,3,7-9,11-18H2,1-2,4-6H3. The van der Waals surface area contributed by atoms with Gasteiger partial charge in [-0.3, -0.25) is 0 Å². The van der Waals surface area contributed by atoms with Gasteiger partial charge in [-0.05, 0) is 117 Å². The Morgan fingerprint density at radius 3 is 2.63 bits per heavy atom. The van der Waals surface area contributed by atoms with Crippen molar-refractivity contribution >= 4 is 0 Å². The van der Waals surface area contributed by atoms with E-state index in [1.165, 1.54) is 63.4 Å². The highest BCUT2D eigenvalue weighted by atomic mass is 16.3. The second-order valence-corrected chi connectivity index (χ2v) is 12.4. The third kappa shape index (κ3) is 3.66. The molecule has 0 heterocycles. The van der Waals surface area contributed by atoms with E-state index in [-0.39, 0.29) is 6.10 Å². The molecule has 4 aliphatic carbocycles. The highest BCUT2D eigenvalue weighted by Gasteiger charge is 2.59. The summed E-state index contributed by atoms with van der Waals surface area (Å²) in [7, 11) is 0. The molecule has 1 nitrogen and oxygen atoms in total. The van der Waals surface area contributed by atoms with E-state index in [2.05, 4.69) is 47.3 Å². The Kier molecular flexibility index (Phi) is 6.35. The van der Waals surface area contributed by atoms with Gasteiger partial charge in [0.2, 0.25) is 0 Å². The Hall–Kier alpha value is -0.560. The molecule has 0 aliphatic heterocycles. The number of aliphatic hydroxyl groups is 1. The summed E-state index contributed by atoms with van der Waals surface area (Å²) in [6, 6.07) is 0. The normalized spacial score (nSPS) is 45.0. The second kappa shape index (κ2) is 8.42. The molecule has 4 aliphatic rings. The van der Waals surface area contributed by atoms with Gasteiger partial charge >= 0.3 is 0 Å². The van der Waals surface area contributed by atoms with Gasteiger partial charge in [-0.2, -0.15) is 0 Å².